The van der Waals surface area contributed by atoms with Crippen molar-refractivity contribution in [2.45, 2.75) is 12.3 Å². The van der Waals surface area contributed by atoms with Crippen LogP contribution in [0.25, 0.3) is 56.0 Å². The van der Waals surface area contributed by atoms with Gasteiger partial charge in [0.05, 0.1) is 5.52 Å². The number of hydrogen-bond acceptors (Lipinski definition) is 0. The third kappa shape index (κ3) is 4.71. The zero-order chi connectivity index (χ0) is 33.0. The summed E-state index contributed by atoms with van der Waals surface area (Å²) in [7, 11) is 0. The maximum Gasteiger partial charge on any atom is 0.242 e. The molecule has 2 heterocycles. The van der Waals surface area contributed by atoms with Crippen molar-refractivity contribution in [3.63, 3.8) is 0 Å². The number of para-hydroxylation sites is 1. The highest BCUT2D eigenvalue weighted by atomic mass is 15.0. The fourth-order valence-electron chi connectivity index (χ4n) is 8.51. The van der Waals surface area contributed by atoms with E-state index in [1.165, 1.54) is 83.2 Å². The summed E-state index contributed by atoms with van der Waals surface area (Å²) in [6.45, 7) is 0.192. The van der Waals surface area contributed by atoms with Crippen LogP contribution in [0.3, 0.4) is 0 Å². The van der Waals surface area contributed by atoms with E-state index >= 15 is 0 Å². The lowest BCUT2D eigenvalue weighted by atomic mass is 9.39. The Kier molecular flexibility index (Phi) is 6.80. The number of aromatic nitrogens is 1. The highest BCUT2D eigenvalue weighted by molar-refractivity contribution is 6.99. The minimum absolute atomic E-state index is 0.192. The Hall–Kier alpha value is -6.12. The summed E-state index contributed by atoms with van der Waals surface area (Å²) in [4.78, 5) is 0. The minimum Gasteiger partial charge on any atom is -0.310 e. The molecule has 0 fully saturated rings. The van der Waals surface area contributed by atoms with E-state index in [0.29, 0.717) is 5.92 Å². The second-order valence-electron chi connectivity index (χ2n) is 13.7. The molecule has 2 aliphatic rings. The average molecular weight is 636 g/mol. The van der Waals surface area contributed by atoms with Gasteiger partial charge in [0, 0.05) is 22.7 Å². The first-order valence-electron chi connectivity index (χ1n) is 17.6. The highest BCUT2D eigenvalue weighted by Crippen LogP contribution is 2.39. The zero-order valence-electron chi connectivity index (χ0n) is 27.7. The van der Waals surface area contributed by atoms with E-state index in [1.807, 2.05) is 0 Å². The van der Waals surface area contributed by atoms with E-state index in [-0.39, 0.29) is 6.71 Å². The molecular weight excluding hydrogens is 601 g/mol. The average Bonchev–Trinajstić information content (AvgIpc) is 3.71. The number of benzene rings is 7. The molecule has 8 aromatic rings. The second-order valence-corrected chi connectivity index (χ2v) is 13.7. The van der Waals surface area contributed by atoms with Gasteiger partial charge in [-0.05, 0) is 81.3 Å². The van der Waals surface area contributed by atoms with Gasteiger partial charge in [-0.3, -0.25) is 0 Å². The summed E-state index contributed by atoms with van der Waals surface area (Å²) in [5.74, 6) is 0.382. The molecule has 0 radical (unpaired) electrons. The third-order valence-electron chi connectivity index (χ3n) is 10.8. The van der Waals surface area contributed by atoms with Crippen molar-refractivity contribution in [3.8, 4) is 39.1 Å². The largest absolute Gasteiger partial charge is 0.310 e. The number of hydrogen-bond donors (Lipinski definition) is 0. The quantitative estimate of drug-likeness (QED) is 0.166. The normalized spacial score (nSPS) is 14.4. The van der Waals surface area contributed by atoms with Crippen LogP contribution in [0.4, 0.5) is 0 Å². The molecule has 0 N–H and O–H groups in total. The van der Waals surface area contributed by atoms with Crippen LogP contribution in [-0.2, 0) is 6.42 Å². The monoisotopic (exact) mass is 635 g/mol. The standard InChI is InChI=1S/C48H34BN/c1-3-13-33(14-4-1)37-25-27-46-43(31-37)41-21-7-9-23-45(41)49(46)39-19-11-17-35(29-39)36-18-12-20-40(30-36)50-47-24-10-8-22-42(47)44-32-38(26-28-48(44)50)34-15-5-2-6-16-34/h1-31,38H,32H2. The molecule has 2 heteroatoms. The number of rotatable bonds is 5. The van der Waals surface area contributed by atoms with Gasteiger partial charge in [0.25, 0.3) is 0 Å². The molecule has 10 rings (SSSR count). The van der Waals surface area contributed by atoms with Crippen LogP contribution >= 0.6 is 0 Å². The first-order chi connectivity index (χ1) is 24.8. The fraction of sp³-hybridized carbons (Fsp3) is 0.0417. The Balaban J connectivity index is 1.05. The van der Waals surface area contributed by atoms with E-state index in [4.69, 9.17) is 0 Å². The molecule has 1 aliphatic heterocycles. The molecule has 0 saturated carbocycles. The lowest BCUT2D eigenvalue weighted by Gasteiger charge is -2.19. The Labute approximate surface area is 293 Å². The number of allylic oxidation sites excluding steroid dienone is 1. The van der Waals surface area contributed by atoms with E-state index < -0.39 is 0 Å². The molecule has 0 saturated heterocycles. The van der Waals surface area contributed by atoms with Gasteiger partial charge in [-0.1, -0.05) is 174 Å². The van der Waals surface area contributed by atoms with Crippen LogP contribution in [-0.4, -0.2) is 11.3 Å². The minimum atomic E-state index is 0.192. The van der Waals surface area contributed by atoms with Crippen molar-refractivity contribution in [2.24, 2.45) is 0 Å². The molecule has 0 amide bonds. The van der Waals surface area contributed by atoms with E-state index in [0.717, 1.165) is 6.42 Å². The molecule has 0 bridgehead atoms. The molecule has 1 aromatic heterocycles. The smallest absolute Gasteiger partial charge is 0.242 e. The molecule has 1 unspecified atom stereocenters. The van der Waals surface area contributed by atoms with Crippen LogP contribution < -0.4 is 16.4 Å². The van der Waals surface area contributed by atoms with Gasteiger partial charge < -0.3 is 4.57 Å². The maximum atomic E-state index is 2.46. The summed E-state index contributed by atoms with van der Waals surface area (Å²) in [6.07, 6.45) is 5.74. The van der Waals surface area contributed by atoms with Crippen LogP contribution in [0.2, 0.25) is 0 Å². The third-order valence-corrected chi connectivity index (χ3v) is 10.8. The Morgan fingerprint density at radius 1 is 0.500 bits per heavy atom. The summed E-state index contributed by atoms with van der Waals surface area (Å²) in [5, 5.41) is 1.34. The summed E-state index contributed by atoms with van der Waals surface area (Å²) >= 11 is 0. The van der Waals surface area contributed by atoms with E-state index in [1.54, 1.807) is 0 Å². The molecule has 234 valence electrons. The molecule has 7 aromatic carbocycles. The van der Waals surface area contributed by atoms with Crippen molar-refractivity contribution in [3.05, 3.63) is 199 Å². The topological polar surface area (TPSA) is 4.93 Å². The molecule has 0 spiro atoms. The van der Waals surface area contributed by atoms with Gasteiger partial charge in [0.2, 0.25) is 6.71 Å². The van der Waals surface area contributed by atoms with Crippen molar-refractivity contribution < 1.29 is 0 Å². The first kappa shape index (κ1) is 28.9. The zero-order valence-corrected chi connectivity index (χ0v) is 27.7. The van der Waals surface area contributed by atoms with Gasteiger partial charge in [0.15, 0.2) is 0 Å². The van der Waals surface area contributed by atoms with E-state index in [2.05, 4.69) is 193 Å². The molecule has 1 nitrogen and oxygen atoms in total. The van der Waals surface area contributed by atoms with Crippen LogP contribution in [0.5, 0.6) is 0 Å². The van der Waals surface area contributed by atoms with Gasteiger partial charge in [-0.15, -0.1) is 0 Å². The predicted octanol–water partition coefficient (Wildman–Crippen LogP) is 9.81. The van der Waals surface area contributed by atoms with Crippen molar-refractivity contribution >= 4 is 40.1 Å². The molecule has 1 aliphatic carbocycles. The Morgan fingerprint density at radius 2 is 1.18 bits per heavy atom. The van der Waals surface area contributed by atoms with Gasteiger partial charge >= 0.3 is 0 Å². The van der Waals surface area contributed by atoms with Gasteiger partial charge in [-0.2, -0.15) is 0 Å². The maximum absolute atomic E-state index is 2.46. The predicted molar refractivity (Wildman–Crippen MR) is 213 cm³/mol. The van der Waals surface area contributed by atoms with Crippen LogP contribution in [0.1, 0.15) is 22.7 Å². The summed E-state index contributed by atoms with van der Waals surface area (Å²) in [5.41, 5.74) is 18.3. The molecule has 1 atom stereocenters. The Bertz CT molecular complexity index is 2580. The second kappa shape index (κ2) is 11.8. The van der Waals surface area contributed by atoms with Gasteiger partial charge in [-0.25, -0.2) is 0 Å². The summed E-state index contributed by atoms with van der Waals surface area (Å²) < 4.78 is 2.46. The van der Waals surface area contributed by atoms with Gasteiger partial charge in [0.1, 0.15) is 0 Å². The number of fused-ring (bicyclic) bond motifs is 6. The SMILES string of the molecule is C1=CC(c2ccccc2)Cc2c1n(-c1cccc(-c3cccc(B4c5ccccc5-c5cc(-c6ccccc6)ccc54)c3)c1)c1ccccc21. The van der Waals surface area contributed by atoms with Crippen molar-refractivity contribution in [2.75, 3.05) is 0 Å². The fourth-order valence-corrected chi connectivity index (χ4v) is 8.51. The Morgan fingerprint density at radius 3 is 2.06 bits per heavy atom. The first-order valence-corrected chi connectivity index (χ1v) is 17.6. The molecular formula is C48H34BN. The molecule has 50 heavy (non-hydrogen) atoms. The lowest BCUT2D eigenvalue weighted by Crippen LogP contribution is -2.48. The highest BCUT2D eigenvalue weighted by Gasteiger charge is 2.33. The lowest BCUT2D eigenvalue weighted by molar-refractivity contribution is 0.825. The van der Waals surface area contributed by atoms with Crippen LogP contribution in [0.15, 0.2) is 182 Å². The van der Waals surface area contributed by atoms with Crippen molar-refractivity contribution in [1.29, 1.82) is 0 Å². The summed E-state index contributed by atoms with van der Waals surface area (Å²) in [6, 6.07) is 64.8. The van der Waals surface area contributed by atoms with Crippen molar-refractivity contribution in [1.82, 2.24) is 4.57 Å². The number of nitrogens with zero attached hydrogens (tertiary/aromatic N) is 1. The van der Waals surface area contributed by atoms with Crippen LogP contribution in [0, 0.1) is 0 Å². The van der Waals surface area contributed by atoms with E-state index in [9.17, 15) is 0 Å².